The van der Waals surface area contributed by atoms with Gasteiger partial charge in [-0.3, -0.25) is 0 Å². The minimum absolute atomic E-state index is 0.544. The quantitative estimate of drug-likeness (QED) is 0.773. The van der Waals surface area contributed by atoms with Crippen LogP contribution in [0.5, 0.6) is 0 Å². The van der Waals surface area contributed by atoms with Gasteiger partial charge in [0, 0.05) is 12.5 Å². The number of aromatic amines is 1. The Kier molecular flexibility index (Phi) is 3.03. The Bertz CT molecular complexity index is 764. The maximum Gasteiger partial charge on any atom is 0.182 e. The van der Waals surface area contributed by atoms with Gasteiger partial charge < -0.3 is 10.3 Å². The molecule has 0 fully saturated rings. The molecular weight excluding hydrogens is 262 g/mol. The number of nitrogens with one attached hydrogen (secondary N) is 2. The number of hydrogen-bond donors (Lipinski definition) is 2. The molecule has 0 radical (unpaired) electrons. The number of nitrogens with zero attached hydrogens (tertiary/aromatic N) is 3. The molecular formula is C16H17N5. The molecule has 1 aromatic carbocycles. The van der Waals surface area contributed by atoms with Crippen LogP contribution in [0.2, 0.25) is 0 Å². The predicted molar refractivity (Wildman–Crippen MR) is 82.3 cm³/mol. The molecule has 0 spiro atoms. The molecule has 3 aromatic rings. The van der Waals surface area contributed by atoms with Crippen LogP contribution in [0.25, 0.3) is 11.2 Å². The van der Waals surface area contributed by atoms with Crippen LogP contribution >= 0.6 is 0 Å². The van der Waals surface area contributed by atoms with Crippen LogP contribution in [0.4, 0.5) is 5.82 Å². The van der Waals surface area contributed by atoms with Crippen LogP contribution in [0.15, 0.2) is 36.9 Å². The number of aryl methyl sites for hydroxylation is 1. The van der Waals surface area contributed by atoms with Crippen LogP contribution in [0.1, 0.15) is 29.9 Å². The fourth-order valence-electron chi connectivity index (χ4n) is 3.19. The first-order valence-electron chi connectivity index (χ1n) is 7.37. The summed E-state index contributed by atoms with van der Waals surface area (Å²) < 4.78 is 0. The first kappa shape index (κ1) is 12.3. The molecule has 0 saturated carbocycles. The number of H-pyrrole nitrogens is 1. The molecule has 0 bridgehead atoms. The molecule has 5 nitrogen and oxygen atoms in total. The molecule has 106 valence electrons. The summed E-state index contributed by atoms with van der Waals surface area (Å²) in [5.74, 6) is 1.38. The fourth-order valence-corrected chi connectivity index (χ4v) is 3.19. The van der Waals surface area contributed by atoms with E-state index in [9.17, 15) is 0 Å². The normalized spacial score (nSPS) is 17.6. The maximum absolute atomic E-state index is 4.33. The van der Waals surface area contributed by atoms with Crippen molar-refractivity contribution in [1.82, 2.24) is 19.9 Å². The lowest BCUT2D eigenvalue weighted by Gasteiger charge is -2.25. The van der Waals surface area contributed by atoms with Gasteiger partial charge in [0.15, 0.2) is 11.5 Å². The second-order valence-corrected chi connectivity index (χ2v) is 5.49. The summed E-state index contributed by atoms with van der Waals surface area (Å²) in [7, 11) is 0. The highest BCUT2D eigenvalue weighted by molar-refractivity contribution is 5.81. The summed E-state index contributed by atoms with van der Waals surface area (Å²) in [4.78, 5) is 15.7. The molecule has 5 heteroatoms. The summed E-state index contributed by atoms with van der Waals surface area (Å²) in [6, 6.07) is 8.77. The lowest BCUT2D eigenvalue weighted by molar-refractivity contribution is 0.571. The summed E-state index contributed by atoms with van der Waals surface area (Å²) in [5.41, 5.74) is 4.55. The van der Waals surface area contributed by atoms with Crippen molar-refractivity contribution in [3.8, 4) is 0 Å². The fraction of sp³-hybridized carbons (Fsp3) is 0.312. The summed E-state index contributed by atoms with van der Waals surface area (Å²) in [6.45, 7) is 0.891. The van der Waals surface area contributed by atoms with E-state index in [1.807, 2.05) is 0 Å². The van der Waals surface area contributed by atoms with Gasteiger partial charge in [-0.05, 0) is 30.4 Å². The van der Waals surface area contributed by atoms with Crippen molar-refractivity contribution in [3.05, 3.63) is 48.0 Å². The van der Waals surface area contributed by atoms with Crippen LogP contribution in [-0.4, -0.2) is 26.5 Å². The van der Waals surface area contributed by atoms with E-state index in [1.54, 1.807) is 12.7 Å². The molecule has 1 aliphatic rings. The van der Waals surface area contributed by atoms with Gasteiger partial charge in [-0.15, -0.1) is 0 Å². The third-order valence-corrected chi connectivity index (χ3v) is 4.23. The Balaban J connectivity index is 1.57. The van der Waals surface area contributed by atoms with E-state index in [0.717, 1.165) is 17.9 Å². The van der Waals surface area contributed by atoms with E-state index in [-0.39, 0.29) is 0 Å². The van der Waals surface area contributed by atoms with E-state index >= 15 is 0 Å². The van der Waals surface area contributed by atoms with Crippen molar-refractivity contribution >= 4 is 17.0 Å². The lowest BCUT2D eigenvalue weighted by atomic mass is 9.83. The molecule has 0 aliphatic heterocycles. The highest BCUT2D eigenvalue weighted by atomic mass is 15.1. The zero-order valence-corrected chi connectivity index (χ0v) is 11.7. The predicted octanol–water partition coefficient (Wildman–Crippen LogP) is 2.88. The number of rotatable bonds is 3. The largest absolute Gasteiger partial charge is 0.368 e. The van der Waals surface area contributed by atoms with Crippen molar-refractivity contribution < 1.29 is 0 Å². The van der Waals surface area contributed by atoms with E-state index in [1.165, 1.54) is 30.4 Å². The average molecular weight is 279 g/mol. The van der Waals surface area contributed by atoms with Gasteiger partial charge >= 0.3 is 0 Å². The van der Waals surface area contributed by atoms with Crippen molar-refractivity contribution in [2.45, 2.75) is 25.2 Å². The number of benzene rings is 1. The molecule has 1 aliphatic carbocycles. The third kappa shape index (κ3) is 2.24. The maximum atomic E-state index is 4.33. The summed E-state index contributed by atoms with van der Waals surface area (Å²) in [5, 5.41) is 3.46. The first-order chi connectivity index (χ1) is 10.4. The highest BCUT2D eigenvalue weighted by Crippen LogP contribution is 2.31. The third-order valence-electron chi connectivity index (χ3n) is 4.23. The Morgan fingerprint density at radius 1 is 1.19 bits per heavy atom. The van der Waals surface area contributed by atoms with E-state index in [2.05, 4.69) is 49.5 Å². The van der Waals surface area contributed by atoms with Crippen LogP contribution < -0.4 is 5.32 Å². The number of anilines is 1. The van der Waals surface area contributed by atoms with Gasteiger partial charge in [0.25, 0.3) is 0 Å². The van der Waals surface area contributed by atoms with Crippen molar-refractivity contribution in [1.29, 1.82) is 0 Å². The van der Waals surface area contributed by atoms with E-state index in [0.29, 0.717) is 11.6 Å². The molecule has 2 heterocycles. The molecule has 0 saturated heterocycles. The monoisotopic (exact) mass is 279 g/mol. The van der Waals surface area contributed by atoms with Gasteiger partial charge in [0.05, 0.1) is 6.33 Å². The summed E-state index contributed by atoms with van der Waals surface area (Å²) >= 11 is 0. The zero-order valence-electron chi connectivity index (χ0n) is 11.7. The Morgan fingerprint density at radius 2 is 2.14 bits per heavy atom. The second kappa shape index (κ2) is 5.16. The topological polar surface area (TPSA) is 66.5 Å². The number of aromatic nitrogens is 4. The average Bonchev–Trinajstić information content (AvgIpc) is 3.02. The first-order valence-corrected chi connectivity index (χ1v) is 7.37. The molecule has 21 heavy (non-hydrogen) atoms. The highest BCUT2D eigenvalue weighted by Gasteiger charge is 2.20. The van der Waals surface area contributed by atoms with Crippen LogP contribution in [-0.2, 0) is 6.42 Å². The molecule has 2 aromatic heterocycles. The number of hydrogen-bond acceptors (Lipinski definition) is 4. The van der Waals surface area contributed by atoms with Gasteiger partial charge in [-0.1, -0.05) is 24.3 Å². The smallest absolute Gasteiger partial charge is 0.182 e. The van der Waals surface area contributed by atoms with Gasteiger partial charge in [0.1, 0.15) is 11.8 Å². The zero-order chi connectivity index (χ0) is 14.1. The molecule has 1 unspecified atom stereocenters. The van der Waals surface area contributed by atoms with Crippen molar-refractivity contribution in [2.24, 2.45) is 0 Å². The van der Waals surface area contributed by atoms with Crippen molar-refractivity contribution in [3.63, 3.8) is 0 Å². The van der Waals surface area contributed by atoms with E-state index < -0.39 is 0 Å². The molecule has 1 atom stereocenters. The van der Waals surface area contributed by atoms with Crippen LogP contribution in [0.3, 0.4) is 0 Å². The van der Waals surface area contributed by atoms with Crippen molar-refractivity contribution in [2.75, 3.05) is 11.9 Å². The van der Waals surface area contributed by atoms with Crippen LogP contribution in [0, 0.1) is 0 Å². The lowest BCUT2D eigenvalue weighted by Crippen LogP contribution is -2.18. The Labute approximate surface area is 122 Å². The van der Waals surface area contributed by atoms with E-state index in [4.69, 9.17) is 0 Å². The number of imidazole rings is 1. The van der Waals surface area contributed by atoms with Gasteiger partial charge in [-0.2, -0.15) is 0 Å². The molecule has 4 rings (SSSR count). The van der Waals surface area contributed by atoms with Gasteiger partial charge in [0.2, 0.25) is 0 Å². The standard InChI is InChI=1S/C16H17N5/c1-2-7-13-11(4-1)5-3-6-12(13)8-17-15-14-16(19-9-18-14)21-10-20-15/h1-2,4,7,9-10,12H,3,5-6,8H2,(H2,17,18,19,20,21). The SMILES string of the molecule is c1ccc2c(c1)CCCC2CNc1ncnc2nc[nH]c12. The second-order valence-electron chi connectivity index (χ2n) is 5.49. The number of fused-ring (bicyclic) bond motifs is 2. The summed E-state index contributed by atoms with van der Waals surface area (Å²) in [6.07, 6.45) is 6.89. The minimum Gasteiger partial charge on any atom is -0.368 e. The van der Waals surface area contributed by atoms with Gasteiger partial charge in [-0.25, -0.2) is 15.0 Å². The molecule has 0 amide bonds. The minimum atomic E-state index is 0.544. The molecule has 2 N–H and O–H groups in total. The Morgan fingerprint density at radius 3 is 3.14 bits per heavy atom. The Hall–Kier alpha value is -2.43.